The Morgan fingerprint density at radius 3 is 2.48 bits per heavy atom. The maximum atomic E-state index is 12.9. The van der Waals surface area contributed by atoms with E-state index in [9.17, 15) is 9.59 Å². The maximum absolute atomic E-state index is 12.9. The molecule has 0 saturated heterocycles. The summed E-state index contributed by atoms with van der Waals surface area (Å²) in [5.41, 5.74) is 5.92. The summed E-state index contributed by atoms with van der Waals surface area (Å²) in [4.78, 5) is 27.1. The summed E-state index contributed by atoms with van der Waals surface area (Å²) in [6.45, 7) is 11.9. The number of benzene rings is 2. The third-order valence-corrected chi connectivity index (χ3v) is 7.99. The van der Waals surface area contributed by atoms with Crippen LogP contribution in [-0.4, -0.2) is 32.9 Å². The second-order valence-corrected chi connectivity index (χ2v) is 10.9. The summed E-state index contributed by atoms with van der Waals surface area (Å²) in [7, 11) is 0. The molecule has 0 unspecified atom stereocenters. The van der Waals surface area contributed by atoms with Crippen LogP contribution in [0.5, 0.6) is 0 Å². The van der Waals surface area contributed by atoms with Gasteiger partial charge in [0, 0.05) is 48.4 Å². The van der Waals surface area contributed by atoms with Gasteiger partial charge < -0.3 is 10.2 Å². The predicted octanol–water partition coefficient (Wildman–Crippen LogP) is 7.34. The maximum Gasteiger partial charge on any atom is 0.224 e. The lowest BCUT2D eigenvalue weighted by Crippen LogP contribution is -2.49. The Balaban J connectivity index is 1.66. The zero-order chi connectivity index (χ0) is 28.6. The molecular weight excluding hydrogens is 498 g/mol. The van der Waals surface area contributed by atoms with Crippen LogP contribution in [-0.2, 0) is 16.0 Å². The molecule has 0 bridgehead atoms. The molecule has 1 N–H and O–H groups in total. The molecule has 3 aromatic rings. The van der Waals surface area contributed by atoms with Crippen LogP contribution in [0.4, 0.5) is 11.4 Å². The first-order valence-electron chi connectivity index (χ1n) is 14.7. The fourth-order valence-corrected chi connectivity index (χ4v) is 5.94. The molecule has 7 nitrogen and oxygen atoms in total. The number of hydrogen-bond donors (Lipinski definition) is 1. The van der Waals surface area contributed by atoms with E-state index in [1.54, 1.807) is 6.92 Å². The second kappa shape index (κ2) is 13.6. The highest BCUT2D eigenvalue weighted by atomic mass is 16.2. The first-order valence-corrected chi connectivity index (χ1v) is 14.7. The van der Waals surface area contributed by atoms with Crippen LogP contribution in [0.15, 0.2) is 61.3 Å². The van der Waals surface area contributed by atoms with Gasteiger partial charge >= 0.3 is 0 Å². The van der Waals surface area contributed by atoms with Crippen molar-refractivity contribution < 1.29 is 9.59 Å². The molecule has 0 saturated carbocycles. The Morgan fingerprint density at radius 1 is 1.05 bits per heavy atom. The second-order valence-electron chi connectivity index (χ2n) is 10.9. The van der Waals surface area contributed by atoms with E-state index >= 15 is 0 Å². The molecule has 3 atom stereocenters. The van der Waals surface area contributed by atoms with E-state index in [-0.39, 0.29) is 29.8 Å². The zero-order valence-corrected chi connectivity index (χ0v) is 24.4. The molecule has 2 aromatic carbocycles. The van der Waals surface area contributed by atoms with Crippen LogP contribution in [0.2, 0.25) is 0 Å². The highest BCUT2D eigenvalue weighted by Gasteiger charge is 2.41. The van der Waals surface area contributed by atoms with E-state index in [4.69, 9.17) is 0 Å². The van der Waals surface area contributed by atoms with Crippen molar-refractivity contribution in [3.63, 3.8) is 0 Å². The average Bonchev–Trinajstić information content (AvgIpc) is 3.41. The Bertz CT molecular complexity index is 1310. The van der Waals surface area contributed by atoms with Crippen molar-refractivity contribution in [2.45, 2.75) is 91.1 Å². The highest BCUT2D eigenvalue weighted by Crippen LogP contribution is 2.45. The number of amides is 2. The third-order valence-electron chi connectivity index (χ3n) is 7.99. The van der Waals surface area contributed by atoms with E-state index in [1.807, 2.05) is 39.9 Å². The van der Waals surface area contributed by atoms with E-state index < -0.39 is 0 Å². The van der Waals surface area contributed by atoms with Gasteiger partial charge in [0.15, 0.2) is 0 Å². The Kier molecular flexibility index (Phi) is 9.91. The van der Waals surface area contributed by atoms with E-state index in [1.165, 1.54) is 12.8 Å². The number of allylic oxidation sites excluding steroid dienone is 1. The average molecular weight is 542 g/mol. The van der Waals surface area contributed by atoms with Crippen LogP contribution in [0, 0.1) is 5.92 Å². The van der Waals surface area contributed by atoms with Gasteiger partial charge in [-0.05, 0) is 67.5 Å². The van der Waals surface area contributed by atoms with Gasteiger partial charge in [0.25, 0.3) is 0 Å². The molecule has 0 aliphatic carbocycles. The molecule has 212 valence electrons. The van der Waals surface area contributed by atoms with Crippen LogP contribution >= 0.6 is 0 Å². The van der Waals surface area contributed by atoms with Gasteiger partial charge in [-0.15, -0.1) is 11.7 Å². The van der Waals surface area contributed by atoms with Crippen molar-refractivity contribution in [1.82, 2.24) is 15.0 Å². The Hall–Kier alpha value is -3.74. The fourth-order valence-electron chi connectivity index (χ4n) is 5.94. The summed E-state index contributed by atoms with van der Waals surface area (Å²) >= 11 is 0. The highest BCUT2D eigenvalue weighted by molar-refractivity contribution is 5.94. The van der Waals surface area contributed by atoms with E-state index in [2.05, 4.69) is 67.4 Å². The summed E-state index contributed by atoms with van der Waals surface area (Å²) < 4.78 is 2.01. The van der Waals surface area contributed by atoms with Crippen molar-refractivity contribution in [3.05, 3.63) is 72.6 Å². The quantitative estimate of drug-likeness (QED) is 0.192. The minimum absolute atomic E-state index is 0.0110. The topological polar surface area (TPSA) is 80.1 Å². The largest absolute Gasteiger partial charge is 0.326 e. The van der Waals surface area contributed by atoms with Gasteiger partial charge in [-0.25, -0.2) is 4.68 Å². The first-order chi connectivity index (χ1) is 19.4. The lowest BCUT2D eigenvalue weighted by molar-refractivity contribution is -0.117. The minimum atomic E-state index is -0.0305. The predicted molar refractivity (Wildman–Crippen MR) is 162 cm³/mol. The van der Waals surface area contributed by atoms with Gasteiger partial charge in [-0.3, -0.25) is 9.59 Å². The fraction of sp³-hybridized carbons (Fsp3) is 0.455. The molecular formula is C33H43N5O2. The molecule has 4 rings (SSSR count). The van der Waals surface area contributed by atoms with Crippen molar-refractivity contribution in [1.29, 1.82) is 0 Å². The zero-order valence-electron chi connectivity index (χ0n) is 24.4. The molecule has 0 fully saturated rings. The number of aryl methyl sites for hydroxylation is 1. The van der Waals surface area contributed by atoms with Crippen LogP contribution in [0.25, 0.3) is 11.1 Å². The van der Waals surface area contributed by atoms with Gasteiger partial charge in [0.1, 0.15) is 0 Å². The third kappa shape index (κ3) is 6.52. The molecule has 2 amide bonds. The van der Waals surface area contributed by atoms with Crippen LogP contribution in [0.3, 0.4) is 0 Å². The van der Waals surface area contributed by atoms with Crippen molar-refractivity contribution in [2.75, 3.05) is 10.2 Å². The number of nitrogens with zero attached hydrogens (tertiary/aromatic N) is 4. The van der Waals surface area contributed by atoms with Crippen LogP contribution in [0.1, 0.15) is 89.9 Å². The molecule has 2 heterocycles. The summed E-state index contributed by atoms with van der Waals surface area (Å²) in [5, 5.41) is 12.1. The van der Waals surface area contributed by atoms with Gasteiger partial charge in [0.2, 0.25) is 11.8 Å². The molecule has 0 radical (unpaired) electrons. The summed E-state index contributed by atoms with van der Waals surface area (Å²) in [6, 6.07) is 14.3. The number of carbonyl (C=O) groups excluding carboxylic acids is 2. The van der Waals surface area contributed by atoms with E-state index in [0.29, 0.717) is 6.42 Å². The monoisotopic (exact) mass is 541 g/mol. The smallest absolute Gasteiger partial charge is 0.224 e. The lowest BCUT2D eigenvalue weighted by Gasteiger charge is -2.44. The van der Waals surface area contributed by atoms with Gasteiger partial charge in [-0.1, -0.05) is 63.1 Å². The van der Waals surface area contributed by atoms with Crippen molar-refractivity contribution in [3.8, 4) is 11.1 Å². The summed E-state index contributed by atoms with van der Waals surface area (Å²) in [5.74, 6) is 0.218. The Morgan fingerprint density at radius 2 is 1.80 bits per heavy atom. The van der Waals surface area contributed by atoms with Crippen molar-refractivity contribution in [2.24, 2.45) is 5.92 Å². The number of rotatable bonds is 12. The molecule has 1 aliphatic rings. The number of carbonyl (C=O) groups is 2. The molecule has 40 heavy (non-hydrogen) atoms. The number of nitrogens with one attached hydrogen (secondary N) is 1. The minimum Gasteiger partial charge on any atom is -0.326 e. The Labute approximate surface area is 238 Å². The van der Waals surface area contributed by atoms with E-state index in [0.717, 1.165) is 65.9 Å². The van der Waals surface area contributed by atoms with Crippen LogP contribution < -0.4 is 10.2 Å². The van der Waals surface area contributed by atoms with Gasteiger partial charge in [0.05, 0.1) is 11.7 Å². The molecule has 0 spiro atoms. The SMILES string of the molecule is C=CCCCC(=O)Nc1ccc(-c2ccc3c(c2)[C@@H](n2cc(CCCCC)nn2)[C@H](C)[C@H](CC)N3C(C)=O)cc1. The molecule has 1 aromatic heterocycles. The summed E-state index contributed by atoms with van der Waals surface area (Å²) in [6.07, 6.45) is 11.3. The molecule has 7 heteroatoms. The van der Waals surface area contributed by atoms with Crippen molar-refractivity contribution >= 4 is 23.2 Å². The first kappa shape index (κ1) is 29.2. The normalized spacial score (nSPS) is 18.3. The number of fused-ring (bicyclic) bond motifs is 1. The number of anilines is 2. The lowest BCUT2D eigenvalue weighted by atomic mass is 9.80. The number of aromatic nitrogens is 3. The molecule has 1 aliphatic heterocycles. The van der Waals surface area contributed by atoms with Gasteiger partial charge in [-0.2, -0.15) is 0 Å². The number of hydrogen-bond acceptors (Lipinski definition) is 4. The standard InChI is InChI=1S/C33H43N5O2/c1-6-9-11-13-28-22-37(36-35-28)33-23(4)30(8-3)38(24(5)39)31-20-17-26(21-29(31)33)25-15-18-27(19-16-25)34-32(40)14-12-10-7-2/h7,15-23,30,33H,2,6,8-14H2,1,3-5H3,(H,34,40)/t23-,30+,33+/m1/s1. The number of unbranched alkanes of at least 4 members (excludes halogenated alkanes) is 3.